The summed E-state index contributed by atoms with van der Waals surface area (Å²) in [7, 11) is 1.48. The van der Waals surface area contributed by atoms with Crippen molar-refractivity contribution in [1.29, 1.82) is 0 Å². The molecular weight excluding hydrogens is 316 g/mol. The molecule has 0 aliphatic rings. The molecule has 1 heterocycles. The van der Waals surface area contributed by atoms with Gasteiger partial charge in [0, 0.05) is 13.1 Å². The van der Waals surface area contributed by atoms with Crippen molar-refractivity contribution in [3.8, 4) is 0 Å². The quantitative estimate of drug-likeness (QED) is 0.770. The molecule has 0 aliphatic heterocycles. The molecule has 24 heavy (non-hydrogen) atoms. The van der Waals surface area contributed by atoms with Gasteiger partial charge in [-0.2, -0.15) is 0 Å². The van der Waals surface area contributed by atoms with E-state index in [0.717, 1.165) is 0 Å². The third kappa shape index (κ3) is 5.90. The van der Waals surface area contributed by atoms with Crippen LogP contribution in [0.3, 0.4) is 0 Å². The van der Waals surface area contributed by atoms with Gasteiger partial charge in [0.05, 0.1) is 13.2 Å². The van der Waals surface area contributed by atoms with E-state index in [4.69, 9.17) is 9.26 Å². The second-order valence-corrected chi connectivity index (χ2v) is 5.65. The molecule has 2 N–H and O–H groups in total. The molecule has 1 atom stereocenters. The number of hydrogen-bond donors (Lipinski definition) is 2. The van der Waals surface area contributed by atoms with E-state index < -0.39 is 18.0 Å². The molecule has 0 aromatic carbocycles. The Balaban J connectivity index is 2.62. The Hall–Kier alpha value is -2.58. The van der Waals surface area contributed by atoms with Crippen LogP contribution in [-0.2, 0) is 14.3 Å². The smallest absolute Gasteiger partial charge is 0.407 e. The van der Waals surface area contributed by atoms with Gasteiger partial charge in [0.15, 0.2) is 5.82 Å². The van der Waals surface area contributed by atoms with Crippen molar-refractivity contribution in [3.63, 3.8) is 0 Å². The number of alkyl carbamates (subject to hydrolysis) is 1. The Labute approximate surface area is 140 Å². The van der Waals surface area contributed by atoms with Gasteiger partial charge in [-0.1, -0.05) is 19.0 Å². The lowest BCUT2D eigenvalue weighted by atomic mass is 10.0. The highest BCUT2D eigenvalue weighted by Crippen LogP contribution is 2.08. The van der Waals surface area contributed by atoms with E-state index in [0.29, 0.717) is 5.76 Å². The Kier molecular flexibility index (Phi) is 7.22. The van der Waals surface area contributed by atoms with Crippen molar-refractivity contribution in [2.75, 3.05) is 25.5 Å². The zero-order valence-corrected chi connectivity index (χ0v) is 14.6. The van der Waals surface area contributed by atoms with Crippen molar-refractivity contribution < 1.29 is 23.6 Å². The van der Waals surface area contributed by atoms with Crippen LogP contribution in [0, 0.1) is 12.8 Å². The maximum absolute atomic E-state index is 12.5. The summed E-state index contributed by atoms with van der Waals surface area (Å²) in [5, 5.41) is 8.69. The molecular formula is C15H24N4O5. The van der Waals surface area contributed by atoms with Gasteiger partial charge >= 0.3 is 6.09 Å². The summed E-state index contributed by atoms with van der Waals surface area (Å²) in [6, 6.07) is 0.787. The highest BCUT2D eigenvalue weighted by molar-refractivity contribution is 5.95. The predicted octanol–water partition coefficient (Wildman–Crippen LogP) is 1.15. The van der Waals surface area contributed by atoms with E-state index in [1.165, 1.54) is 11.9 Å². The SMILES string of the molecule is CCOC(=O)NC(C(=O)N(C)CC(=O)Nc1cc(C)on1)C(C)C. The van der Waals surface area contributed by atoms with Crippen LogP contribution < -0.4 is 10.6 Å². The lowest BCUT2D eigenvalue weighted by Gasteiger charge is -2.26. The van der Waals surface area contributed by atoms with Crippen LogP contribution >= 0.6 is 0 Å². The number of hydrogen-bond acceptors (Lipinski definition) is 6. The minimum atomic E-state index is -0.781. The van der Waals surface area contributed by atoms with Gasteiger partial charge < -0.3 is 24.8 Å². The summed E-state index contributed by atoms with van der Waals surface area (Å²) in [5.41, 5.74) is 0. The lowest BCUT2D eigenvalue weighted by molar-refractivity contribution is -0.136. The van der Waals surface area contributed by atoms with Crippen LogP contribution in [0.25, 0.3) is 0 Å². The number of aromatic nitrogens is 1. The molecule has 0 radical (unpaired) electrons. The predicted molar refractivity (Wildman–Crippen MR) is 86.3 cm³/mol. The number of nitrogens with one attached hydrogen (secondary N) is 2. The molecule has 0 bridgehead atoms. The molecule has 0 aliphatic carbocycles. The second kappa shape index (κ2) is 8.90. The summed E-state index contributed by atoms with van der Waals surface area (Å²) in [6.07, 6.45) is -0.666. The van der Waals surface area contributed by atoms with Gasteiger partial charge in [-0.05, 0) is 19.8 Å². The van der Waals surface area contributed by atoms with Crippen LogP contribution in [-0.4, -0.2) is 54.2 Å². The van der Waals surface area contributed by atoms with E-state index >= 15 is 0 Å². The summed E-state index contributed by atoms with van der Waals surface area (Å²) in [5.74, 6) is -0.121. The second-order valence-electron chi connectivity index (χ2n) is 5.65. The first-order valence-corrected chi connectivity index (χ1v) is 7.66. The first-order valence-electron chi connectivity index (χ1n) is 7.66. The first kappa shape index (κ1) is 19.5. The summed E-state index contributed by atoms with van der Waals surface area (Å²) >= 11 is 0. The third-order valence-corrected chi connectivity index (χ3v) is 3.13. The van der Waals surface area contributed by atoms with Crippen LogP contribution in [0.5, 0.6) is 0 Å². The molecule has 9 nitrogen and oxygen atoms in total. The first-order chi connectivity index (χ1) is 11.2. The van der Waals surface area contributed by atoms with Gasteiger partial charge in [-0.3, -0.25) is 9.59 Å². The zero-order chi connectivity index (χ0) is 18.3. The zero-order valence-electron chi connectivity index (χ0n) is 14.6. The lowest BCUT2D eigenvalue weighted by Crippen LogP contribution is -2.51. The summed E-state index contributed by atoms with van der Waals surface area (Å²) in [6.45, 7) is 6.99. The summed E-state index contributed by atoms with van der Waals surface area (Å²) < 4.78 is 9.64. The van der Waals surface area contributed by atoms with Crippen LogP contribution in [0.15, 0.2) is 10.6 Å². The van der Waals surface area contributed by atoms with Gasteiger partial charge in [0.1, 0.15) is 11.8 Å². The molecule has 134 valence electrons. The summed E-state index contributed by atoms with van der Waals surface area (Å²) in [4.78, 5) is 37.2. The third-order valence-electron chi connectivity index (χ3n) is 3.13. The number of carbonyl (C=O) groups is 3. The maximum atomic E-state index is 12.5. The van der Waals surface area contributed by atoms with Crippen LogP contribution in [0.1, 0.15) is 26.5 Å². The Bertz CT molecular complexity index is 584. The fourth-order valence-electron chi connectivity index (χ4n) is 1.95. The fourth-order valence-corrected chi connectivity index (χ4v) is 1.95. The Morgan fingerprint density at radius 2 is 2.04 bits per heavy atom. The number of nitrogens with zero attached hydrogens (tertiary/aromatic N) is 2. The highest BCUT2D eigenvalue weighted by atomic mass is 16.5. The standard InChI is InChI=1S/C15H24N4O5/c1-6-23-15(22)17-13(9(2)3)14(21)19(5)8-12(20)16-11-7-10(4)24-18-11/h7,9,13H,6,8H2,1-5H3,(H,17,22)(H,16,18,20). The van der Waals surface area contributed by atoms with Crippen LogP contribution in [0.4, 0.5) is 10.6 Å². The number of amides is 3. The normalized spacial score (nSPS) is 11.8. The molecule has 3 amide bonds. The average molecular weight is 340 g/mol. The average Bonchev–Trinajstić information content (AvgIpc) is 2.88. The van der Waals surface area contributed by atoms with E-state index in [-0.39, 0.29) is 30.8 Å². The van der Waals surface area contributed by atoms with Gasteiger partial charge in [0.2, 0.25) is 11.8 Å². The number of ether oxygens (including phenoxy) is 1. The minimum Gasteiger partial charge on any atom is -0.450 e. The number of rotatable bonds is 7. The number of carbonyl (C=O) groups excluding carboxylic acids is 3. The number of likely N-dealkylation sites (N-methyl/N-ethyl adjacent to an activating group) is 1. The van der Waals surface area contributed by atoms with E-state index in [1.54, 1.807) is 33.8 Å². The van der Waals surface area contributed by atoms with E-state index in [9.17, 15) is 14.4 Å². The van der Waals surface area contributed by atoms with Crippen molar-refractivity contribution in [3.05, 3.63) is 11.8 Å². The Morgan fingerprint density at radius 3 is 2.54 bits per heavy atom. The Morgan fingerprint density at radius 1 is 1.38 bits per heavy atom. The molecule has 1 rings (SSSR count). The molecule has 0 fully saturated rings. The maximum Gasteiger partial charge on any atom is 0.407 e. The molecule has 1 aromatic rings. The fraction of sp³-hybridized carbons (Fsp3) is 0.600. The van der Waals surface area contributed by atoms with Crippen LogP contribution in [0.2, 0.25) is 0 Å². The number of anilines is 1. The molecule has 9 heteroatoms. The van der Waals surface area contributed by atoms with Gasteiger partial charge in [-0.15, -0.1) is 0 Å². The minimum absolute atomic E-state index is 0.161. The highest BCUT2D eigenvalue weighted by Gasteiger charge is 2.28. The monoisotopic (exact) mass is 340 g/mol. The molecule has 0 spiro atoms. The molecule has 0 saturated carbocycles. The topological polar surface area (TPSA) is 114 Å². The van der Waals surface area contributed by atoms with E-state index in [2.05, 4.69) is 15.8 Å². The molecule has 0 saturated heterocycles. The van der Waals surface area contributed by atoms with Crippen molar-refractivity contribution in [2.45, 2.75) is 33.7 Å². The van der Waals surface area contributed by atoms with E-state index in [1.807, 2.05) is 0 Å². The van der Waals surface area contributed by atoms with Gasteiger partial charge in [-0.25, -0.2) is 4.79 Å². The number of aryl methyl sites for hydroxylation is 1. The van der Waals surface area contributed by atoms with Crippen molar-refractivity contribution in [2.24, 2.45) is 5.92 Å². The molecule has 1 aromatic heterocycles. The largest absolute Gasteiger partial charge is 0.450 e. The van der Waals surface area contributed by atoms with Gasteiger partial charge in [0.25, 0.3) is 0 Å². The van der Waals surface area contributed by atoms with Crippen molar-refractivity contribution >= 4 is 23.7 Å². The van der Waals surface area contributed by atoms with Crippen molar-refractivity contribution in [1.82, 2.24) is 15.4 Å². The molecule has 1 unspecified atom stereocenters.